The van der Waals surface area contributed by atoms with Crippen LogP contribution in [0.5, 0.6) is 5.75 Å². The molecule has 0 spiro atoms. The van der Waals surface area contributed by atoms with Gasteiger partial charge in [-0.25, -0.2) is 8.42 Å². The van der Waals surface area contributed by atoms with Crippen molar-refractivity contribution < 1.29 is 17.9 Å². The highest BCUT2D eigenvalue weighted by molar-refractivity contribution is 7.89. The molecule has 0 aliphatic heterocycles. The predicted octanol–water partition coefficient (Wildman–Crippen LogP) is 1.38. The summed E-state index contributed by atoms with van der Waals surface area (Å²) in [6.07, 6.45) is 0.185. The van der Waals surface area contributed by atoms with Gasteiger partial charge in [-0.1, -0.05) is 30.3 Å². The maximum Gasteiger partial charge on any atom is 0.241 e. The molecule has 128 valence electrons. The zero-order valence-electron chi connectivity index (χ0n) is 13.5. The SMILES string of the molecule is COc1ccc(S(=O)(=O)N[C@H](Cc2ccccc2)C(N)=O)cc1C. The fraction of sp³-hybridized carbons (Fsp3) is 0.235. The van der Waals surface area contributed by atoms with E-state index in [0.717, 1.165) is 5.56 Å². The number of aryl methyl sites for hydroxylation is 1. The molecule has 2 aromatic rings. The summed E-state index contributed by atoms with van der Waals surface area (Å²) in [5.74, 6) is -0.141. The van der Waals surface area contributed by atoms with Crippen LogP contribution in [0.25, 0.3) is 0 Å². The van der Waals surface area contributed by atoms with Gasteiger partial charge in [0.15, 0.2) is 0 Å². The van der Waals surface area contributed by atoms with Crippen molar-refractivity contribution in [2.24, 2.45) is 5.73 Å². The van der Waals surface area contributed by atoms with E-state index in [1.807, 2.05) is 30.3 Å². The fourth-order valence-electron chi connectivity index (χ4n) is 2.32. The minimum absolute atomic E-state index is 0.0557. The van der Waals surface area contributed by atoms with Gasteiger partial charge < -0.3 is 10.5 Å². The van der Waals surface area contributed by atoms with Crippen molar-refractivity contribution in [1.29, 1.82) is 0 Å². The standard InChI is InChI=1S/C17H20N2O4S/c1-12-10-14(8-9-16(12)23-2)24(21,22)19-15(17(18)20)11-13-6-4-3-5-7-13/h3-10,15,19H,11H2,1-2H3,(H2,18,20)/t15-/m1/s1. The van der Waals surface area contributed by atoms with Gasteiger partial charge in [0, 0.05) is 0 Å². The first-order valence-corrected chi connectivity index (χ1v) is 8.82. The quantitative estimate of drug-likeness (QED) is 0.790. The van der Waals surface area contributed by atoms with Crippen LogP contribution in [0.3, 0.4) is 0 Å². The van der Waals surface area contributed by atoms with Gasteiger partial charge in [-0.2, -0.15) is 4.72 Å². The van der Waals surface area contributed by atoms with Gasteiger partial charge in [0.05, 0.1) is 12.0 Å². The monoisotopic (exact) mass is 348 g/mol. The zero-order valence-corrected chi connectivity index (χ0v) is 14.3. The molecule has 0 saturated heterocycles. The van der Waals surface area contributed by atoms with E-state index >= 15 is 0 Å². The van der Waals surface area contributed by atoms with Gasteiger partial charge >= 0.3 is 0 Å². The summed E-state index contributed by atoms with van der Waals surface area (Å²) < 4.78 is 32.6. The van der Waals surface area contributed by atoms with Crippen LogP contribution in [-0.2, 0) is 21.2 Å². The number of benzene rings is 2. The Balaban J connectivity index is 2.24. The van der Waals surface area contributed by atoms with Gasteiger partial charge in [0.1, 0.15) is 11.8 Å². The Morgan fingerprint density at radius 1 is 1.21 bits per heavy atom. The molecule has 0 aliphatic carbocycles. The second-order valence-electron chi connectivity index (χ2n) is 5.40. The fourth-order valence-corrected chi connectivity index (χ4v) is 3.61. The Hall–Kier alpha value is -2.38. The summed E-state index contributed by atoms with van der Waals surface area (Å²) in [6, 6.07) is 12.5. The predicted molar refractivity (Wildman–Crippen MR) is 91.2 cm³/mol. The van der Waals surface area contributed by atoms with Crippen LogP contribution in [0.1, 0.15) is 11.1 Å². The number of rotatable bonds is 7. The normalized spacial score (nSPS) is 12.6. The number of ether oxygens (including phenoxy) is 1. The molecule has 0 heterocycles. The van der Waals surface area contributed by atoms with E-state index in [1.165, 1.54) is 19.2 Å². The third-order valence-electron chi connectivity index (χ3n) is 3.60. The number of hydrogen-bond donors (Lipinski definition) is 2. The highest BCUT2D eigenvalue weighted by Gasteiger charge is 2.24. The maximum absolute atomic E-state index is 12.5. The number of nitrogens with one attached hydrogen (secondary N) is 1. The van der Waals surface area contributed by atoms with Crippen molar-refractivity contribution in [2.45, 2.75) is 24.3 Å². The molecule has 1 amide bonds. The summed E-state index contributed by atoms with van der Waals surface area (Å²) in [4.78, 5) is 11.7. The van der Waals surface area contributed by atoms with Gasteiger partial charge in [-0.05, 0) is 42.7 Å². The molecule has 7 heteroatoms. The van der Waals surface area contributed by atoms with E-state index in [4.69, 9.17) is 10.5 Å². The highest BCUT2D eigenvalue weighted by Crippen LogP contribution is 2.21. The van der Waals surface area contributed by atoms with Gasteiger partial charge in [0.25, 0.3) is 0 Å². The molecule has 0 aliphatic rings. The van der Waals surface area contributed by atoms with Crippen molar-refractivity contribution in [1.82, 2.24) is 4.72 Å². The minimum atomic E-state index is -3.88. The molecular weight excluding hydrogens is 328 g/mol. The Morgan fingerprint density at radius 3 is 2.42 bits per heavy atom. The van der Waals surface area contributed by atoms with E-state index in [9.17, 15) is 13.2 Å². The number of sulfonamides is 1. The molecular formula is C17H20N2O4S. The number of carbonyl (C=O) groups is 1. The lowest BCUT2D eigenvalue weighted by molar-refractivity contribution is -0.119. The van der Waals surface area contributed by atoms with Crippen molar-refractivity contribution in [3.63, 3.8) is 0 Å². The maximum atomic E-state index is 12.5. The number of amides is 1. The van der Waals surface area contributed by atoms with E-state index in [2.05, 4.69) is 4.72 Å². The lowest BCUT2D eigenvalue weighted by Crippen LogP contribution is -2.45. The molecule has 3 N–H and O–H groups in total. The van der Waals surface area contributed by atoms with Crippen LogP contribution >= 0.6 is 0 Å². The Bertz CT molecular complexity index is 820. The Kier molecular flexibility index (Phi) is 5.58. The first-order valence-electron chi connectivity index (χ1n) is 7.33. The van der Waals surface area contributed by atoms with Crippen molar-refractivity contribution in [2.75, 3.05) is 7.11 Å². The highest BCUT2D eigenvalue weighted by atomic mass is 32.2. The molecule has 1 atom stereocenters. The van der Waals surface area contributed by atoms with Gasteiger partial charge in [0.2, 0.25) is 15.9 Å². The molecule has 24 heavy (non-hydrogen) atoms. The van der Waals surface area contributed by atoms with Gasteiger partial charge in [-0.15, -0.1) is 0 Å². The molecule has 2 rings (SSSR count). The van der Waals surface area contributed by atoms with Crippen LogP contribution in [0, 0.1) is 6.92 Å². The number of nitrogens with two attached hydrogens (primary N) is 1. The summed E-state index contributed by atoms with van der Waals surface area (Å²) in [6.45, 7) is 1.74. The van der Waals surface area contributed by atoms with Crippen molar-refractivity contribution in [3.05, 3.63) is 59.7 Å². The van der Waals surface area contributed by atoms with Crippen LogP contribution in [0.4, 0.5) is 0 Å². The van der Waals surface area contributed by atoms with Crippen LogP contribution in [0.2, 0.25) is 0 Å². The lowest BCUT2D eigenvalue weighted by atomic mass is 10.1. The van der Waals surface area contributed by atoms with Gasteiger partial charge in [-0.3, -0.25) is 4.79 Å². The molecule has 6 nitrogen and oxygen atoms in total. The second kappa shape index (κ2) is 7.46. The summed E-state index contributed by atoms with van der Waals surface area (Å²) in [5.41, 5.74) is 6.85. The molecule has 0 radical (unpaired) electrons. The molecule has 2 aromatic carbocycles. The number of hydrogen-bond acceptors (Lipinski definition) is 4. The minimum Gasteiger partial charge on any atom is -0.496 e. The zero-order chi connectivity index (χ0) is 17.7. The van der Waals surface area contributed by atoms with E-state index in [0.29, 0.717) is 11.3 Å². The second-order valence-corrected chi connectivity index (χ2v) is 7.11. The molecule has 0 fully saturated rings. The number of primary amides is 1. The lowest BCUT2D eigenvalue weighted by Gasteiger charge is -2.16. The van der Waals surface area contributed by atoms with E-state index < -0.39 is 22.0 Å². The summed E-state index contributed by atoms with van der Waals surface area (Å²) in [5, 5.41) is 0. The smallest absolute Gasteiger partial charge is 0.241 e. The largest absolute Gasteiger partial charge is 0.496 e. The Labute approximate surface area is 141 Å². The average Bonchev–Trinajstić information content (AvgIpc) is 2.55. The molecule has 0 unspecified atom stereocenters. The van der Waals surface area contributed by atoms with E-state index in [1.54, 1.807) is 13.0 Å². The van der Waals surface area contributed by atoms with Crippen molar-refractivity contribution in [3.8, 4) is 5.75 Å². The summed E-state index contributed by atoms with van der Waals surface area (Å²) >= 11 is 0. The topological polar surface area (TPSA) is 98.5 Å². The van der Waals surface area contributed by atoms with Crippen LogP contribution in [0.15, 0.2) is 53.4 Å². The Morgan fingerprint density at radius 2 is 1.88 bits per heavy atom. The van der Waals surface area contributed by atoms with E-state index in [-0.39, 0.29) is 11.3 Å². The third-order valence-corrected chi connectivity index (χ3v) is 5.07. The summed E-state index contributed by atoms with van der Waals surface area (Å²) in [7, 11) is -2.37. The van der Waals surface area contributed by atoms with Crippen molar-refractivity contribution >= 4 is 15.9 Å². The van der Waals surface area contributed by atoms with Crippen LogP contribution < -0.4 is 15.2 Å². The first kappa shape index (κ1) is 18.0. The number of carbonyl (C=O) groups excluding carboxylic acids is 1. The van der Waals surface area contributed by atoms with Crippen LogP contribution in [-0.4, -0.2) is 27.5 Å². The third kappa shape index (κ3) is 4.33. The molecule has 0 bridgehead atoms. The molecule has 0 aromatic heterocycles. The molecule has 0 saturated carbocycles. The average molecular weight is 348 g/mol. The number of methoxy groups -OCH3 is 1. The first-order chi connectivity index (χ1) is 11.3.